The first-order valence-electron chi connectivity index (χ1n) is 10.7. The van der Waals surface area contributed by atoms with E-state index < -0.39 is 0 Å². The fraction of sp³-hybridized carbons (Fsp3) is 0.652. The Kier molecular flexibility index (Phi) is 8.08. The smallest absolute Gasteiger partial charge is 0.265 e. The van der Waals surface area contributed by atoms with Gasteiger partial charge in [-0.15, -0.1) is 0 Å². The van der Waals surface area contributed by atoms with Gasteiger partial charge in [-0.3, -0.25) is 14.5 Å². The second kappa shape index (κ2) is 10.1. The summed E-state index contributed by atoms with van der Waals surface area (Å²) >= 11 is 0. The number of anilines is 1. The lowest BCUT2D eigenvalue weighted by Crippen LogP contribution is -2.47. The second-order valence-electron chi connectivity index (χ2n) is 8.84. The first-order chi connectivity index (χ1) is 13.7. The van der Waals surface area contributed by atoms with Crippen LogP contribution in [-0.2, 0) is 15.0 Å². The summed E-state index contributed by atoms with van der Waals surface area (Å²) in [5.41, 5.74) is 1.73. The minimum absolute atomic E-state index is 0.0170. The van der Waals surface area contributed by atoms with Gasteiger partial charge in [0.1, 0.15) is 12.3 Å². The monoisotopic (exact) mass is 403 g/mol. The Morgan fingerprint density at radius 2 is 1.97 bits per heavy atom. The van der Waals surface area contributed by atoms with Gasteiger partial charge in [-0.25, -0.2) is 0 Å². The number of nitrogens with zero attached hydrogens (tertiary/aromatic N) is 2. The first kappa shape index (κ1) is 23.2. The van der Waals surface area contributed by atoms with E-state index in [0.717, 1.165) is 38.0 Å². The highest BCUT2D eigenvalue weighted by Crippen LogP contribution is 2.36. The van der Waals surface area contributed by atoms with Crippen LogP contribution in [0.4, 0.5) is 5.69 Å². The number of ether oxygens (including phenoxy) is 1. The van der Waals surface area contributed by atoms with Crippen LogP contribution in [0.2, 0.25) is 0 Å². The number of carbonyl (C=O) groups excluding carboxylic acids is 2. The van der Waals surface area contributed by atoms with Gasteiger partial charge in [0.2, 0.25) is 5.91 Å². The average Bonchev–Trinajstić information content (AvgIpc) is 2.66. The van der Waals surface area contributed by atoms with Crippen molar-refractivity contribution in [3.8, 4) is 5.75 Å². The number of fused-ring (bicyclic) bond motifs is 1. The highest BCUT2D eigenvalue weighted by atomic mass is 16.5. The lowest BCUT2D eigenvalue weighted by Gasteiger charge is -2.31. The summed E-state index contributed by atoms with van der Waals surface area (Å²) in [5, 5.41) is 3.04. The van der Waals surface area contributed by atoms with Crippen LogP contribution < -0.4 is 15.0 Å². The summed E-state index contributed by atoms with van der Waals surface area (Å²) in [6, 6.07) is 5.95. The first-order valence-corrected chi connectivity index (χ1v) is 10.7. The van der Waals surface area contributed by atoms with Crippen molar-refractivity contribution in [3.63, 3.8) is 0 Å². The number of rotatable bonds is 9. The topological polar surface area (TPSA) is 61.9 Å². The second-order valence-corrected chi connectivity index (χ2v) is 8.84. The van der Waals surface area contributed by atoms with Gasteiger partial charge >= 0.3 is 0 Å². The Bertz CT molecular complexity index is 708. The molecule has 1 aliphatic rings. The highest BCUT2D eigenvalue weighted by Gasteiger charge is 2.29. The predicted octanol–water partition coefficient (Wildman–Crippen LogP) is 3.34. The lowest BCUT2D eigenvalue weighted by molar-refractivity contribution is -0.125. The standard InChI is InChI=1S/C23H37N3O3/c1-7-25(8-2)13-9-10-17(3)24-21(27)15-26-19-14-18(23(4,5)6)11-12-20(19)29-16-22(26)28/h11-12,14,17H,7-10,13,15-16H2,1-6H3,(H,24,27)/t17-/m0/s1. The summed E-state index contributed by atoms with van der Waals surface area (Å²) in [4.78, 5) is 29.0. The number of benzene rings is 1. The fourth-order valence-corrected chi connectivity index (χ4v) is 3.54. The molecule has 0 saturated carbocycles. The molecule has 0 aliphatic carbocycles. The molecule has 1 aromatic carbocycles. The summed E-state index contributed by atoms with van der Waals surface area (Å²) in [6.45, 7) is 15.8. The van der Waals surface area contributed by atoms with Gasteiger partial charge in [-0.1, -0.05) is 40.7 Å². The molecular formula is C23H37N3O3. The Labute approximate surface area is 175 Å². The molecule has 1 N–H and O–H groups in total. The van der Waals surface area contributed by atoms with Crippen molar-refractivity contribution in [3.05, 3.63) is 23.8 Å². The number of amides is 2. The van der Waals surface area contributed by atoms with E-state index in [0.29, 0.717) is 11.4 Å². The molecule has 0 unspecified atom stereocenters. The molecule has 1 atom stereocenters. The van der Waals surface area contributed by atoms with Gasteiger partial charge in [0.25, 0.3) is 5.91 Å². The molecule has 162 valence electrons. The van der Waals surface area contributed by atoms with E-state index >= 15 is 0 Å². The van der Waals surface area contributed by atoms with Crippen molar-refractivity contribution in [2.24, 2.45) is 0 Å². The molecule has 1 aromatic rings. The van der Waals surface area contributed by atoms with Crippen LogP contribution in [0.1, 0.15) is 59.9 Å². The van der Waals surface area contributed by atoms with Gasteiger partial charge in [-0.05, 0) is 62.5 Å². The van der Waals surface area contributed by atoms with E-state index in [9.17, 15) is 9.59 Å². The fourth-order valence-electron chi connectivity index (χ4n) is 3.54. The predicted molar refractivity (Wildman–Crippen MR) is 118 cm³/mol. The summed E-state index contributed by atoms with van der Waals surface area (Å²) in [6.07, 6.45) is 1.96. The Balaban J connectivity index is 1.99. The minimum Gasteiger partial charge on any atom is -0.482 e. The Morgan fingerprint density at radius 1 is 1.28 bits per heavy atom. The third kappa shape index (κ3) is 6.46. The summed E-state index contributed by atoms with van der Waals surface area (Å²) in [5.74, 6) is 0.327. The highest BCUT2D eigenvalue weighted by molar-refractivity contribution is 6.02. The van der Waals surface area contributed by atoms with E-state index in [1.165, 1.54) is 0 Å². The molecular weight excluding hydrogens is 366 g/mol. The summed E-state index contributed by atoms with van der Waals surface area (Å²) in [7, 11) is 0. The van der Waals surface area contributed by atoms with Crippen LogP contribution >= 0.6 is 0 Å². The number of carbonyl (C=O) groups is 2. The van der Waals surface area contributed by atoms with E-state index in [1.54, 1.807) is 4.90 Å². The van der Waals surface area contributed by atoms with Gasteiger partial charge in [0.15, 0.2) is 6.61 Å². The third-order valence-electron chi connectivity index (χ3n) is 5.48. The van der Waals surface area contributed by atoms with Crippen LogP contribution in [0, 0.1) is 0 Å². The van der Waals surface area contributed by atoms with Gasteiger partial charge < -0.3 is 15.0 Å². The maximum atomic E-state index is 12.6. The van der Waals surface area contributed by atoms with E-state index in [-0.39, 0.29) is 36.4 Å². The van der Waals surface area contributed by atoms with Crippen LogP contribution in [-0.4, -0.2) is 55.5 Å². The molecule has 6 nitrogen and oxygen atoms in total. The van der Waals surface area contributed by atoms with Crippen LogP contribution in [0.3, 0.4) is 0 Å². The normalized spacial score (nSPS) is 15.1. The van der Waals surface area contributed by atoms with Gasteiger partial charge in [-0.2, -0.15) is 0 Å². The maximum Gasteiger partial charge on any atom is 0.265 e. The lowest BCUT2D eigenvalue weighted by atomic mass is 9.86. The Hall–Kier alpha value is -2.08. The average molecular weight is 404 g/mol. The third-order valence-corrected chi connectivity index (χ3v) is 5.48. The zero-order valence-corrected chi connectivity index (χ0v) is 18.9. The van der Waals surface area contributed by atoms with Crippen molar-refractivity contribution in [2.75, 3.05) is 37.7 Å². The molecule has 2 rings (SSSR count). The molecule has 0 aromatic heterocycles. The zero-order chi connectivity index (χ0) is 21.6. The number of nitrogens with one attached hydrogen (secondary N) is 1. The molecule has 1 heterocycles. The van der Waals surface area contributed by atoms with Crippen LogP contribution in [0.5, 0.6) is 5.75 Å². The van der Waals surface area contributed by atoms with Crippen molar-refractivity contribution in [1.29, 1.82) is 0 Å². The van der Waals surface area contributed by atoms with E-state index in [1.807, 2.05) is 25.1 Å². The largest absolute Gasteiger partial charge is 0.482 e. The number of hydrogen-bond acceptors (Lipinski definition) is 4. The van der Waals surface area contributed by atoms with E-state index in [4.69, 9.17) is 4.74 Å². The van der Waals surface area contributed by atoms with Gasteiger partial charge in [0.05, 0.1) is 5.69 Å². The molecule has 2 amide bonds. The zero-order valence-electron chi connectivity index (χ0n) is 18.9. The number of hydrogen-bond donors (Lipinski definition) is 1. The van der Waals surface area contributed by atoms with Crippen LogP contribution in [0.15, 0.2) is 18.2 Å². The molecule has 1 aliphatic heterocycles. The molecule has 0 saturated heterocycles. The summed E-state index contributed by atoms with van der Waals surface area (Å²) < 4.78 is 5.57. The van der Waals surface area contributed by atoms with Crippen molar-refractivity contribution in [2.45, 2.75) is 65.8 Å². The van der Waals surface area contributed by atoms with E-state index in [2.05, 4.69) is 44.8 Å². The quantitative estimate of drug-likeness (QED) is 0.687. The molecule has 6 heteroatoms. The van der Waals surface area contributed by atoms with Crippen molar-refractivity contribution < 1.29 is 14.3 Å². The SMILES string of the molecule is CCN(CC)CCC[C@H](C)NC(=O)CN1C(=O)COc2ccc(C(C)(C)C)cc21. The van der Waals surface area contributed by atoms with Crippen molar-refractivity contribution in [1.82, 2.24) is 10.2 Å². The molecule has 29 heavy (non-hydrogen) atoms. The minimum atomic E-state index is -0.187. The molecule has 0 bridgehead atoms. The molecule has 0 radical (unpaired) electrons. The Morgan fingerprint density at radius 3 is 2.59 bits per heavy atom. The van der Waals surface area contributed by atoms with Gasteiger partial charge in [0, 0.05) is 6.04 Å². The van der Waals surface area contributed by atoms with Crippen LogP contribution in [0.25, 0.3) is 0 Å². The molecule has 0 fully saturated rings. The maximum absolute atomic E-state index is 12.6. The molecule has 0 spiro atoms. The van der Waals surface area contributed by atoms with Crippen molar-refractivity contribution >= 4 is 17.5 Å².